The summed E-state index contributed by atoms with van der Waals surface area (Å²) < 4.78 is 12.9. The second-order valence-electron chi connectivity index (χ2n) is 3.02. The van der Waals surface area contributed by atoms with Gasteiger partial charge in [0.2, 0.25) is 0 Å². The van der Waals surface area contributed by atoms with Gasteiger partial charge in [-0.15, -0.1) is 0 Å². The van der Waals surface area contributed by atoms with Crippen molar-refractivity contribution in [1.29, 1.82) is 0 Å². The monoisotopic (exact) mass is 183 g/mol. The molecule has 3 N–H and O–H groups in total. The fourth-order valence-electron chi connectivity index (χ4n) is 1.18. The maximum Gasteiger partial charge on any atom is 0.128 e. The van der Waals surface area contributed by atoms with E-state index in [1.165, 1.54) is 6.07 Å². The average Bonchev–Trinajstić information content (AvgIpc) is 2.17. The van der Waals surface area contributed by atoms with Crippen LogP contribution < -0.4 is 5.73 Å². The molecule has 0 fully saturated rings. The van der Waals surface area contributed by atoms with E-state index in [4.69, 9.17) is 10.8 Å². The molecular weight excluding hydrogens is 169 g/mol. The van der Waals surface area contributed by atoms with Crippen LogP contribution in [0.3, 0.4) is 0 Å². The molecule has 0 amide bonds. The Balaban J connectivity index is 2.99. The molecule has 0 bridgehead atoms. The van der Waals surface area contributed by atoms with Crippen molar-refractivity contribution in [1.82, 2.24) is 0 Å². The molecule has 1 aromatic carbocycles. The van der Waals surface area contributed by atoms with Crippen LogP contribution in [0.25, 0.3) is 0 Å². The number of hydrogen-bond donors (Lipinski definition) is 2. The van der Waals surface area contributed by atoms with Gasteiger partial charge in [-0.2, -0.15) is 0 Å². The van der Waals surface area contributed by atoms with Gasteiger partial charge in [0.25, 0.3) is 0 Å². The first-order valence-electron chi connectivity index (χ1n) is 4.33. The van der Waals surface area contributed by atoms with Crippen LogP contribution in [0.5, 0.6) is 0 Å². The highest BCUT2D eigenvalue weighted by molar-refractivity contribution is 5.26. The van der Waals surface area contributed by atoms with Crippen molar-refractivity contribution >= 4 is 0 Å². The predicted molar refractivity (Wildman–Crippen MR) is 49.5 cm³/mol. The number of nitrogens with two attached hydrogens (primary N) is 1. The standard InChI is InChI=1S/C10H14FNO/c1-2-10(12)7-3-4-9(11)8(5-7)6-13/h3-5,10,13H,2,6,12H2,1H3. The molecule has 0 saturated carbocycles. The Labute approximate surface area is 77.2 Å². The van der Waals surface area contributed by atoms with Crippen LogP contribution in [-0.2, 0) is 6.61 Å². The topological polar surface area (TPSA) is 46.2 Å². The smallest absolute Gasteiger partial charge is 0.128 e. The van der Waals surface area contributed by atoms with Gasteiger partial charge in [0.15, 0.2) is 0 Å². The van der Waals surface area contributed by atoms with Gasteiger partial charge in [-0.25, -0.2) is 4.39 Å². The largest absolute Gasteiger partial charge is 0.392 e. The minimum absolute atomic E-state index is 0.0779. The highest BCUT2D eigenvalue weighted by Gasteiger charge is 2.06. The van der Waals surface area contributed by atoms with Gasteiger partial charge >= 0.3 is 0 Å². The maximum atomic E-state index is 12.9. The molecule has 3 heteroatoms. The molecule has 1 aromatic rings. The van der Waals surface area contributed by atoms with Crippen LogP contribution in [0.1, 0.15) is 30.5 Å². The van der Waals surface area contributed by atoms with E-state index in [0.717, 1.165) is 12.0 Å². The molecule has 0 saturated heterocycles. The van der Waals surface area contributed by atoms with Crippen molar-refractivity contribution in [2.75, 3.05) is 0 Å². The van der Waals surface area contributed by atoms with Crippen LogP contribution in [0, 0.1) is 5.82 Å². The van der Waals surface area contributed by atoms with E-state index in [-0.39, 0.29) is 18.5 Å². The van der Waals surface area contributed by atoms with Crippen LogP contribution in [-0.4, -0.2) is 5.11 Å². The summed E-state index contributed by atoms with van der Waals surface area (Å²) in [4.78, 5) is 0. The second kappa shape index (κ2) is 4.35. The number of hydrogen-bond acceptors (Lipinski definition) is 2. The quantitative estimate of drug-likeness (QED) is 0.749. The molecule has 1 rings (SSSR count). The van der Waals surface area contributed by atoms with Crippen LogP contribution in [0.2, 0.25) is 0 Å². The van der Waals surface area contributed by atoms with E-state index in [1.807, 2.05) is 6.92 Å². The molecule has 0 aliphatic carbocycles. The molecule has 0 heterocycles. The fraction of sp³-hybridized carbons (Fsp3) is 0.400. The van der Waals surface area contributed by atoms with Gasteiger partial charge in [-0.3, -0.25) is 0 Å². The molecular formula is C10H14FNO. The first-order valence-corrected chi connectivity index (χ1v) is 4.33. The Kier molecular flexibility index (Phi) is 3.39. The van der Waals surface area contributed by atoms with Crippen LogP contribution in [0.15, 0.2) is 18.2 Å². The van der Waals surface area contributed by atoms with Crippen molar-refractivity contribution < 1.29 is 9.50 Å². The highest BCUT2D eigenvalue weighted by atomic mass is 19.1. The molecule has 1 unspecified atom stereocenters. The third-order valence-electron chi connectivity index (χ3n) is 2.11. The first-order chi connectivity index (χ1) is 6.19. The lowest BCUT2D eigenvalue weighted by atomic mass is 10.0. The minimum Gasteiger partial charge on any atom is -0.392 e. The Hall–Kier alpha value is -0.930. The second-order valence-corrected chi connectivity index (χ2v) is 3.02. The summed E-state index contributed by atoms with van der Waals surface area (Å²) >= 11 is 0. The van der Waals surface area contributed by atoms with Gasteiger partial charge < -0.3 is 10.8 Å². The number of aliphatic hydroxyl groups excluding tert-OH is 1. The SMILES string of the molecule is CCC(N)c1ccc(F)c(CO)c1. The molecule has 1 atom stereocenters. The molecule has 72 valence electrons. The fourth-order valence-corrected chi connectivity index (χ4v) is 1.18. The van der Waals surface area contributed by atoms with Crippen molar-refractivity contribution in [3.63, 3.8) is 0 Å². The van der Waals surface area contributed by atoms with Gasteiger partial charge in [-0.05, 0) is 24.1 Å². The first kappa shape index (κ1) is 10.2. The maximum absolute atomic E-state index is 12.9. The van der Waals surface area contributed by atoms with E-state index in [1.54, 1.807) is 12.1 Å². The Morgan fingerprint density at radius 3 is 2.77 bits per heavy atom. The predicted octanol–water partition coefficient (Wildman–Crippen LogP) is 1.73. The molecule has 13 heavy (non-hydrogen) atoms. The normalized spacial score (nSPS) is 12.9. The molecule has 0 aromatic heterocycles. The van der Waals surface area contributed by atoms with Crippen molar-refractivity contribution in [2.45, 2.75) is 26.0 Å². The number of aliphatic hydroxyl groups is 1. The van der Waals surface area contributed by atoms with Gasteiger partial charge in [0.05, 0.1) is 6.61 Å². The van der Waals surface area contributed by atoms with E-state index >= 15 is 0 Å². The lowest BCUT2D eigenvalue weighted by Crippen LogP contribution is -2.09. The Morgan fingerprint density at radius 2 is 2.23 bits per heavy atom. The van der Waals surface area contributed by atoms with Crippen molar-refractivity contribution in [3.05, 3.63) is 35.1 Å². The minimum atomic E-state index is -0.380. The van der Waals surface area contributed by atoms with Gasteiger partial charge in [-0.1, -0.05) is 13.0 Å². The summed E-state index contributed by atoms with van der Waals surface area (Å²) in [5.41, 5.74) is 6.94. The summed E-state index contributed by atoms with van der Waals surface area (Å²) in [5, 5.41) is 8.82. The van der Waals surface area contributed by atoms with E-state index in [2.05, 4.69) is 0 Å². The Bertz CT molecular complexity index is 288. The number of halogens is 1. The lowest BCUT2D eigenvalue weighted by molar-refractivity contribution is 0.275. The lowest BCUT2D eigenvalue weighted by Gasteiger charge is -2.10. The van der Waals surface area contributed by atoms with Crippen LogP contribution >= 0.6 is 0 Å². The van der Waals surface area contributed by atoms with E-state index in [9.17, 15) is 4.39 Å². The summed E-state index contributed by atoms with van der Waals surface area (Å²) in [6.07, 6.45) is 0.802. The zero-order chi connectivity index (χ0) is 9.84. The van der Waals surface area contributed by atoms with Gasteiger partial charge in [0, 0.05) is 11.6 Å². The average molecular weight is 183 g/mol. The molecule has 0 aliphatic rings. The summed E-state index contributed by atoms with van der Waals surface area (Å²) in [6.45, 7) is 1.68. The van der Waals surface area contributed by atoms with E-state index in [0.29, 0.717) is 5.56 Å². The van der Waals surface area contributed by atoms with Crippen LogP contribution in [0.4, 0.5) is 4.39 Å². The molecule has 0 radical (unpaired) electrons. The zero-order valence-electron chi connectivity index (χ0n) is 7.63. The molecule has 2 nitrogen and oxygen atoms in total. The number of benzene rings is 1. The summed E-state index contributed by atoms with van der Waals surface area (Å²) in [5.74, 6) is -0.380. The molecule has 0 spiro atoms. The summed E-state index contributed by atoms with van der Waals surface area (Å²) in [7, 11) is 0. The highest BCUT2D eigenvalue weighted by Crippen LogP contribution is 2.17. The van der Waals surface area contributed by atoms with Crippen molar-refractivity contribution in [3.8, 4) is 0 Å². The zero-order valence-corrected chi connectivity index (χ0v) is 7.63. The van der Waals surface area contributed by atoms with Gasteiger partial charge in [0.1, 0.15) is 5.82 Å². The molecule has 0 aliphatic heterocycles. The third kappa shape index (κ3) is 2.26. The summed E-state index contributed by atoms with van der Waals surface area (Å²) in [6, 6.07) is 4.54. The number of rotatable bonds is 3. The van der Waals surface area contributed by atoms with E-state index < -0.39 is 0 Å². The third-order valence-corrected chi connectivity index (χ3v) is 2.11. The van der Waals surface area contributed by atoms with Crippen molar-refractivity contribution in [2.24, 2.45) is 5.73 Å². The Morgan fingerprint density at radius 1 is 1.54 bits per heavy atom.